The molecule has 2 aliphatic heterocycles. The van der Waals surface area contributed by atoms with Crippen LogP contribution in [0.1, 0.15) is 24.8 Å². The van der Waals surface area contributed by atoms with Crippen LogP contribution in [0, 0.1) is 5.92 Å². The fourth-order valence-electron chi connectivity index (χ4n) is 3.59. The first-order valence-corrected chi connectivity index (χ1v) is 8.03. The van der Waals surface area contributed by atoms with E-state index in [9.17, 15) is 4.79 Å². The summed E-state index contributed by atoms with van der Waals surface area (Å²) in [6, 6.07) is 0. The Balaban J connectivity index is 1.60. The molecule has 0 spiro atoms. The number of methoxy groups -OCH3 is 1. The van der Waals surface area contributed by atoms with E-state index in [2.05, 4.69) is 11.3 Å². The summed E-state index contributed by atoms with van der Waals surface area (Å²) in [5.74, 6) is 0.661. The van der Waals surface area contributed by atoms with Crippen molar-refractivity contribution in [1.82, 2.24) is 14.7 Å². The minimum Gasteiger partial charge on any atom is -0.381 e. The number of ether oxygens (including phenoxy) is 2. The van der Waals surface area contributed by atoms with Gasteiger partial charge in [-0.3, -0.25) is 9.48 Å². The number of nitrogens with zero attached hydrogens (tertiary/aromatic N) is 3. The van der Waals surface area contributed by atoms with Crippen LogP contribution in [0.5, 0.6) is 0 Å². The van der Waals surface area contributed by atoms with Crippen molar-refractivity contribution in [2.75, 3.05) is 33.4 Å². The first-order chi connectivity index (χ1) is 10.6. The predicted molar refractivity (Wildman–Crippen MR) is 81.4 cm³/mol. The molecule has 0 aromatic carbocycles. The lowest BCUT2D eigenvalue weighted by molar-refractivity contribution is -0.165. The third-order valence-corrected chi connectivity index (χ3v) is 4.94. The van der Waals surface area contributed by atoms with Gasteiger partial charge in [0.15, 0.2) is 5.60 Å². The molecule has 2 saturated heterocycles. The topological polar surface area (TPSA) is 56.6 Å². The molecule has 0 radical (unpaired) electrons. The van der Waals surface area contributed by atoms with E-state index in [1.54, 1.807) is 7.11 Å². The lowest BCUT2D eigenvalue weighted by Crippen LogP contribution is -2.52. The molecule has 0 N–H and O–H groups in total. The van der Waals surface area contributed by atoms with E-state index in [1.165, 1.54) is 5.56 Å². The summed E-state index contributed by atoms with van der Waals surface area (Å²) in [6.45, 7) is 2.86. The molecule has 3 heterocycles. The molecule has 1 amide bonds. The van der Waals surface area contributed by atoms with Gasteiger partial charge in [-0.1, -0.05) is 0 Å². The fraction of sp³-hybridized carbons (Fsp3) is 0.750. The van der Waals surface area contributed by atoms with E-state index < -0.39 is 5.60 Å². The van der Waals surface area contributed by atoms with Gasteiger partial charge in [-0.15, -0.1) is 0 Å². The molecule has 2 fully saturated rings. The molecule has 2 aliphatic rings. The molecule has 0 aliphatic carbocycles. The maximum atomic E-state index is 12.9. The third kappa shape index (κ3) is 3.03. The van der Waals surface area contributed by atoms with Gasteiger partial charge in [0.1, 0.15) is 0 Å². The number of aryl methyl sites for hydroxylation is 1. The number of likely N-dealkylation sites (tertiary alicyclic amines) is 1. The number of aromatic nitrogens is 2. The van der Waals surface area contributed by atoms with Gasteiger partial charge in [0.25, 0.3) is 5.91 Å². The molecule has 122 valence electrons. The summed E-state index contributed by atoms with van der Waals surface area (Å²) >= 11 is 0. The molecule has 0 bridgehead atoms. The first-order valence-electron chi connectivity index (χ1n) is 8.03. The molecular weight excluding hydrogens is 282 g/mol. The summed E-state index contributed by atoms with van der Waals surface area (Å²) in [7, 11) is 3.58. The SMILES string of the molecule is COC1(C(=O)N2CCC(Cc3cnn(C)c3)C2)CCOCC1. The van der Waals surface area contributed by atoms with Crippen LogP contribution in [0.25, 0.3) is 0 Å². The van der Waals surface area contributed by atoms with Gasteiger partial charge in [0.2, 0.25) is 0 Å². The molecule has 22 heavy (non-hydrogen) atoms. The van der Waals surface area contributed by atoms with Crippen molar-refractivity contribution in [3.63, 3.8) is 0 Å². The van der Waals surface area contributed by atoms with Crippen LogP contribution in [0.3, 0.4) is 0 Å². The van der Waals surface area contributed by atoms with E-state index in [4.69, 9.17) is 9.47 Å². The zero-order valence-electron chi connectivity index (χ0n) is 13.5. The van der Waals surface area contributed by atoms with Gasteiger partial charge in [-0.25, -0.2) is 0 Å². The van der Waals surface area contributed by atoms with Crippen molar-refractivity contribution in [2.45, 2.75) is 31.3 Å². The maximum absolute atomic E-state index is 12.9. The second-order valence-corrected chi connectivity index (χ2v) is 6.44. The summed E-state index contributed by atoms with van der Waals surface area (Å²) in [5, 5.41) is 4.21. The van der Waals surface area contributed by atoms with Gasteiger partial charge in [0, 0.05) is 59.5 Å². The van der Waals surface area contributed by atoms with Gasteiger partial charge >= 0.3 is 0 Å². The van der Waals surface area contributed by atoms with E-state index in [-0.39, 0.29) is 5.91 Å². The Hall–Kier alpha value is -1.40. The number of hydrogen-bond donors (Lipinski definition) is 0. The minimum atomic E-state index is -0.665. The van der Waals surface area contributed by atoms with Crippen LogP contribution in [-0.2, 0) is 27.7 Å². The Labute approximate surface area is 131 Å². The number of amides is 1. The zero-order chi connectivity index (χ0) is 15.6. The second-order valence-electron chi connectivity index (χ2n) is 6.44. The molecular formula is C16H25N3O3. The highest BCUT2D eigenvalue weighted by atomic mass is 16.5. The van der Waals surface area contributed by atoms with Crippen molar-refractivity contribution < 1.29 is 14.3 Å². The summed E-state index contributed by atoms with van der Waals surface area (Å²) in [4.78, 5) is 14.9. The lowest BCUT2D eigenvalue weighted by atomic mass is 9.92. The Morgan fingerprint density at radius 3 is 2.91 bits per heavy atom. The molecule has 0 saturated carbocycles. The second kappa shape index (κ2) is 6.38. The number of rotatable bonds is 4. The summed E-state index contributed by atoms with van der Waals surface area (Å²) < 4.78 is 12.8. The van der Waals surface area contributed by atoms with Crippen LogP contribution in [0.15, 0.2) is 12.4 Å². The Bertz CT molecular complexity index is 522. The van der Waals surface area contributed by atoms with Crippen LogP contribution < -0.4 is 0 Å². The van der Waals surface area contributed by atoms with Gasteiger partial charge < -0.3 is 14.4 Å². The highest BCUT2D eigenvalue weighted by Gasteiger charge is 2.44. The molecule has 1 unspecified atom stereocenters. The summed E-state index contributed by atoms with van der Waals surface area (Å²) in [6.07, 6.45) is 7.33. The Kier molecular flexibility index (Phi) is 4.49. The maximum Gasteiger partial charge on any atom is 0.254 e. The monoisotopic (exact) mass is 307 g/mol. The molecule has 1 aromatic heterocycles. The highest BCUT2D eigenvalue weighted by Crippen LogP contribution is 2.30. The van der Waals surface area contributed by atoms with E-state index >= 15 is 0 Å². The van der Waals surface area contributed by atoms with E-state index in [1.807, 2.05) is 22.8 Å². The van der Waals surface area contributed by atoms with Crippen molar-refractivity contribution in [3.8, 4) is 0 Å². The Morgan fingerprint density at radius 1 is 1.50 bits per heavy atom. The molecule has 1 atom stereocenters. The van der Waals surface area contributed by atoms with E-state index in [0.717, 1.165) is 25.9 Å². The van der Waals surface area contributed by atoms with Crippen LogP contribution in [0.4, 0.5) is 0 Å². The molecule has 6 nitrogen and oxygen atoms in total. The normalized spacial score (nSPS) is 24.6. The standard InChI is InChI=1S/C16H25N3O3/c1-18-11-14(10-17-18)9-13-3-6-19(12-13)15(20)16(21-2)4-7-22-8-5-16/h10-11,13H,3-9,12H2,1-2H3. The van der Waals surface area contributed by atoms with Crippen LogP contribution in [0.2, 0.25) is 0 Å². The van der Waals surface area contributed by atoms with E-state index in [0.29, 0.717) is 32.0 Å². The number of carbonyl (C=O) groups excluding carboxylic acids is 1. The van der Waals surface area contributed by atoms with Gasteiger partial charge in [-0.2, -0.15) is 5.10 Å². The highest BCUT2D eigenvalue weighted by molar-refractivity contribution is 5.85. The van der Waals surface area contributed by atoms with Crippen LogP contribution in [-0.4, -0.2) is 59.6 Å². The van der Waals surface area contributed by atoms with Crippen molar-refractivity contribution >= 4 is 5.91 Å². The molecule has 6 heteroatoms. The average Bonchev–Trinajstić information content (AvgIpc) is 3.17. The van der Waals surface area contributed by atoms with Crippen LogP contribution >= 0.6 is 0 Å². The zero-order valence-corrected chi connectivity index (χ0v) is 13.5. The number of hydrogen-bond acceptors (Lipinski definition) is 4. The minimum absolute atomic E-state index is 0.145. The van der Waals surface area contributed by atoms with Crippen molar-refractivity contribution in [2.24, 2.45) is 13.0 Å². The average molecular weight is 307 g/mol. The Morgan fingerprint density at radius 2 is 2.27 bits per heavy atom. The van der Waals surface area contributed by atoms with Crippen molar-refractivity contribution in [3.05, 3.63) is 18.0 Å². The first kappa shape index (κ1) is 15.5. The lowest BCUT2D eigenvalue weighted by Gasteiger charge is -2.37. The third-order valence-electron chi connectivity index (χ3n) is 4.94. The van der Waals surface area contributed by atoms with Crippen molar-refractivity contribution in [1.29, 1.82) is 0 Å². The van der Waals surface area contributed by atoms with Gasteiger partial charge in [0.05, 0.1) is 6.20 Å². The largest absolute Gasteiger partial charge is 0.381 e. The summed E-state index contributed by atoms with van der Waals surface area (Å²) in [5.41, 5.74) is 0.580. The number of carbonyl (C=O) groups is 1. The quantitative estimate of drug-likeness (QED) is 0.833. The van der Waals surface area contributed by atoms with Gasteiger partial charge in [-0.05, 0) is 24.3 Å². The molecule has 1 aromatic rings. The smallest absolute Gasteiger partial charge is 0.254 e. The predicted octanol–water partition coefficient (Wildman–Crippen LogP) is 1.01. The molecule has 3 rings (SSSR count). The fourth-order valence-corrected chi connectivity index (χ4v) is 3.59.